The van der Waals surface area contributed by atoms with Crippen molar-refractivity contribution in [2.75, 3.05) is 12.4 Å². The van der Waals surface area contributed by atoms with Gasteiger partial charge in [-0.1, -0.05) is 6.92 Å². The van der Waals surface area contributed by atoms with Crippen LogP contribution in [0.4, 0.5) is 5.82 Å². The molecule has 3 heteroatoms. The minimum Gasteiger partial charge on any atom is -0.373 e. The topological polar surface area (TPSA) is 37.8 Å². The van der Waals surface area contributed by atoms with Crippen molar-refractivity contribution < 1.29 is 0 Å². The van der Waals surface area contributed by atoms with Crippen LogP contribution in [-0.2, 0) is 6.42 Å². The molecule has 0 amide bonds. The zero-order valence-electron chi connectivity index (χ0n) is 8.17. The quantitative estimate of drug-likeness (QED) is 0.767. The predicted molar refractivity (Wildman–Crippen MR) is 52.9 cm³/mol. The predicted octanol–water partition coefficient (Wildman–Crippen LogP) is 1.96. The van der Waals surface area contributed by atoms with E-state index in [0.717, 1.165) is 23.8 Å². The Balaban J connectivity index is 2.33. The summed E-state index contributed by atoms with van der Waals surface area (Å²) in [6.45, 7) is 2.12. The number of aromatic nitrogens is 2. The number of rotatable bonds is 3. The van der Waals surface area contributed by atoms with Crippen LogP contribution in [-0.4, -0.2) is 17.0 Å². The van der Waals surface area contributed by atoms with Crippen molar-refractivity contribution >= 4 is 5.82 Å². The monoisotopic (exact) mass is 177 g/mol. The lowest BCUT2D eigenvalue weighted by atomic mass is 10.3. The van der Waals surface area contributed by atoms with E-state index >= 15 is 0 Å². The summed E-state index contributed by atoms with van der Waals surface area (Å²) in [5.74, 6) is 2.62. The summed E-state index contributed by atoms with van der Waals surface area (Å²) in [6.07, 6.45) is 3.50. The summed E-state index contributed by atoms with van der Waals surface area (Å²) in [6, 6.07) is 2.02. The van der Waals surface area contributed by atoms with Crippen LogP contribution in [0.1, 0.15) is 37.2 Å². The van der Waals surface area contributed by atoms with Gasteiger partial charge in [0, 0.05) is 24.7 Å². The van der Waals surface area contributed by atoms with Gasteiger partial charge in [-0.15, -0.1) is 0 Å². The Hall–Kier alpha value is -1.12. The van der Waals surface area contributed by atoms with Crippen molar-refractivity contribution in [1.82, 2.24) is 9.97 Å². The van der Waals surface area contributed by atoms with E-state index in [1.165, 1.54) is 12.8 Å². The van der Waals surface area contributed by atoms with Crippen LogP contribution in [0.3, 0.4) is 0 Å². The molecular formula is C10H15N3. The first-order valence-corrected chi connectivity index (χ1v) is 4.89. The smallest absolute Gasteiger partial charge is 0.134 e. The molecule has 0 aromatic carbocycles. The molecule has 0 radical (unpaired) electrons. The lowest BCUT2D eigenvalue weighted by Gasteiger charge is -2.05. The molecule has 1 heterocycles. The molecule has 0 unspecified atom stereocenters. The second-order valence-electron chi connectivity index (χ2n) is 3.48. The summed E-state index contributed by atoms with van der Waals surface area (Å²) in [5, 5.41) is 3.07. The van der Waals surface area contributed by atoms with Crippen molar-refractivity contribution in [1.29, 1.82) is 0 Å². The molecule has 1 aromatic rings. The van der Waals surface area contributed by atoms with Gasteiger partial charge in [0.1, 0.15) is 11.6 Å². The third-order valence-electron chi connectivity index (χ3n) is 2.36. The molecule has 13 heavy (non-hydrogen) atoms. The first kappa shape index (κ1) is 8.48. The second kappa shape index (κ2) is 3.32. The number of nitrogens with zero attached hydrogens (tertiary/aromatic N) is 2. The van der Waals surface area contributed by atoms with Crippen LogP contribution in [0, 0.1) is 0 Å². The Labute approximate surface area is 78.6 Å². The van der Waals surface area contributed by atoms with E-state index in [2.05, 4.69) is 22.2 Å². The number of hydrogen-bond donors (Lipinski definition) is 1. The highest BCUT2D eigenvalue weighted by Gasteiger charge is 2.27. The Kier molecular flexibility index (Phi) is 2.17. The SMILES string of the molecule is CCc1cc(NC)nc(C2CC2)n1. The van der Waals surface area contributed by atoms with Crippen molar-refractivity contribution in [2.45, 2.75) is 32.1 Å². The molecule has 1 aliphatic carbocycles. The van der Waals surface area contributed by atoms with Crippen LogP contribution in [0.25, 0.3) is 0 Å². The molecule has 0 aliphatic heterocycles. The third kappa shape index (κ3) is 1.79. The lowest BCUT2D eigenvalue weighted by molar-refractivity contribution is 0.880. The fraction of sp³-hybridized carbons (Fsp3) is 0.600. The lowest BCUT2D eigenvalue weighted by Crippen LogP contribution is -2.01. The largest absolute Gasteiger partial charge is 0.373 e. The van der Waals surface area contributed by atoms with Gasteiger partial charge < -0.3 is 5.32 Å². The van der Waals surface area contributed by atoms with Crippen molar-refractivity contribution in [3.05, 3.63) is 17.6 Å². The van der Waals surface area contributed by atoms with E-state index in [1.807, 2.05) is 13.1 Å². The van der Waals surface area contributed by atoms with Crippen molar-refractivity contribution in [2.24, 2.45) is 0 Å². The fourth-order valence-electron chi connectivity index (χ4n) is 1.35. The summed E-state index contributed by atoms with van der Waals surface area (Å²) in [4.78, 5) is 8.95. The van der Waals surface area contributed by atoms with Crippen LogP contribution in [0.2, 0.25) is 0 Å². The van der Waals surface area contributed by atoms with Gasteiger partial charge in [-0.25, -0.2) is 9.97 Å². The van der Waals surface area contributed by atoms with E-state index in [1.54, 1.807) is 0 Å². The standard InChI is InChI=1S/C10H15N3/c1-3-8-6-9(11-2)13-10(12-8)7-4-5-7/h6-7H,3-5H2,1-2H3,(H,11,12,13). The molecule has 1 aliphatic rings. The molecule has 0 spiro atoms. The van der Waals surface area contributed by atoms with E-state index in [0.29, 0.717) is 5.92 Å². The molecule has 1 aromatic heterocycles. The summed E-state index contributed by atoms with van der Waals surface area (Å²) < 4.78 is 0. The number of aryl methyl sites for hydroxylation is 1. The van der Waals surface area contributed by atoms with Crippen molar-refractivity contribution in [3.8, 4) is 0 Å². The first-order chi connectivity index (χ1) is 6.33. The molecule has 1 saturated carbocycles. The molecule has 70 valence electrons. The Morgan fingerprint density at radius 2 is 2.23 bits per heavy atom. The van der Waals surface area contributed by atoms with Gasteiger partial charge in [0.15, 0.2) is 0 Å². The van der Waals surface area contributed by atoms with Crippen LogP contribution in [0.15, 0.2) is 6.07 Å². The normalized spacial score (nSPS) is 15.8. The van der Waals surface area contributed by atoms with Gasteiger partial charge in [-0.05, 0) is 19.3 Å². The molecule has 0 atom stereocenters. The van der Waals surface area contributed by atoms with Crippen molar-refractivity contribution in [3.63, 3.8) is 0 Å². The Morgan fingerprint density at radius 1 is 1.46 bits per heavy atom. The minimum atomic E-state index is 0.638. The molecule has 0 saturated heterocycles. The second-order valence-corrected chi connectivity index (χ2v) is 3.48. The van der Waals surface area contributed by atoms with Gasteiger partial charge in [0.05, 0.1) is 0 Å². The van der Waals surface area contributed by atoms with E-state index < -0.39 is 0 Å². The van der Waals surface area contributed by atoms with Crippen LogP contribution < -0.4 is 5.32 Å². The van der Waals surface area contributed by atoms with Gasteiger partial charge in [-0.3, -0.25) is 0 Å². The summed E-state index contributed by atoms with van der Waals surface area (Å²) in [5.41, 5.74) is 1.14. The van der Waals surface area contributed by atoms with Gasteiger partial charge in [0.2, 0.25) is 0 Å². The third-order valence-corrected chi connectivity index (χ3v) is 2.36. The molecule has 0 bridgehead atoms. The minimum absolute atomic E-state index is 0.638. The van der Waals surface area contributed by atoms with Gasteiger partial charge >= 0.3 is 0 Å². The highest BCUT2D eigenvalue weighted by atomic mass is 15.0. The zero-order valence-corrected chi connectivity index (χ0v) is 8.17. The highest BCUT2D eigenvalue weighted by molar-refractivity contribution is 5.36. The fourth-order valence-corrected chi connectivity index (χ4v) is 1.35. The molecule has 2 rings (SSSR count). The number of anilines is 1. The maximum Gasteiger partial charge on any atom is 0.134 e. The molecular weight excluding hydrogens is 162 g/mol. The molecule has 1 N–H and O–H groups in total. The zero-order chi connectivity index (χ0) is 9.26. The summed E-state index contributed by atoms with van der Waals surface area (Å²) in [7, 11) is 1.90. The van der Waals surface area contributed by atoms with Gasteiger partial charge in [-0.2, -0.15) is 0 Å². The number of nitrogens with one attached hydrogen (secondary N) is 1. The van der Waals surface area contributed by atoms with E-state index in [9.17, 15) is 0 Å². The van der Waals surface area contributed by atoms with E-state index in [4.69, 9.17) is 0 Å². The molecule has 1 fully saturated rings. The average molecular weight is 177 g/mol. The maximum absolute atomic E-state index is 4.51. The Bertz CT molecular complexity index is 283. The average Bonchev–Trinajstić information content (AvgIpc) is 3.00. The number of hydrogen-bond acceptors (Lipinski definition) is 3. The Morgan fingerprint density at radius 3 is 2.77 bits per heavy atom. The first-order valence-electron chi connectivity index (χ1n) is 4.89. The highest BCUT2D eigenvalue weighted by Crippen LogP contribution is 2.38. The van der Waals surface area contributed by atoms with E-state index in [-0.39, 0.29) is 0 Å². The van der Waals surface area contributed by atoms with Crippen LogP contribution in [0.5, 0.6) is 0 Å². The maximum atomic E-state index is 4.51. The van der Waals surface area contributed by atoms with Crippen LogP contribution >= 0.6 is 0 Å². The summed E-state index contributed by atoms with van der Waals surface area (Å²) >= 11 is 0. The molecule has 3 nitrogen and oxygen atoms in total. The van der Waals surface area contributed by atoms with Gasteiger partial charge in [0.25, 0.3) is 0 Å².